The van der Waals surface area contributed by atoms with Crippen molar-refractivity contribution >= 4 is 5.82 Å². The highest BCUT2D eigenvalue weighted by Crippen LogP contribution is 2.08. The number of nitrogens with one attached hydrogen (secondary N) is 1. The van der Waals surface area contributed by atoms with E-state index in [1.807, 2.05) is 14.0 Å². The van der Waals surface area contributed by atoms with E-state index >= 15 is 0 Å². The fourth-order valence-corrected chi connectivity index (χ4v) is 0.955. The van der Waals surface area contributed by atoms with Crippen molar-refractivity contribution < 1.29 is 4.92 Å². The molecule has 1 unspecified atom stereocenters. The van der Waals surface area contributed by atoms with Gasteiger partial charge in [-0.05, 0) is 18.9 Å². The van der Waals surface area contributed by atoms with E-state index in [0.717, 1.165) is 0 Å². The number of hydrogen-bond donors (Lipinski definition) is 1. The third kappa shape index (κ3) is 2.22. The van der Waals surface area contributed by atoms with Gasteiger partial charge in [0.2, 0.25) is 0 Å². The van der Waals surface area contributed by atoms with Gasteiger partial charge in [0.1, 0.15) is 11.3 Å². The fraction of sp³-hybridized carbons (Fsp3) is 0.667. The molecule has 0 amide bonds. The minimum Gasteiger partial charge on any atom is -0.358 e. The largest absolute Gasteiger partial charge is 0.410 e. The van der Waals surface area contributed by atoms with Crippen molar-refractivity contribution in [1.82, 2.24) is 20.3 Å². The summed E-state index contributed by atoms with van der Waals surface area (Å²) in [6, 6.07) is 0.0613. The summed E-state index contributed by atoms with van der Waals surface area (Å²) >= 11 is 0. The summed E-state index contributed by atoms with van der Waals surface area (Å²) in [5.41, 5.74) is 0. The molecule has 0 saturated carbocycles. The van der Waals surface area contributed by atoms with Crippen molar-refractivity contribution in [1.29, 1.82) is 0 Å². The first-order valence-electron chi connectivity index (χ1n) is 3.86. The van der Waals surface area contributed by atoms with Gasteiger partial charge in [-0.15, -0.1) is 0 Å². The molecule has 0 aliphatic carbocycles. The molecule has 0 aliphatic rings. The molecule has 7 nitrogen and oxygen atoms in total. The van der Waals surface area contributed by atoms with E-state index in [-0.39, 0.29) is 11.9 Å². The van der Waals surface area contributed by atoms with Gasteiger partial charge in [-0.1, -0.05) is 0 Å². The Hall–Kier alpha value is -1.50. The van der Waals surface area contributed by atoms with E-state index in [1.54, 1.807) is 0 Å². The average molecular weight is 185 g/mol. The van der Waals surface area contributed by atoms with Crippen molar-refractivity contribution in [3.05, 3.63) is 16.3 Å². The van der Waals surface area contributed by atoms with Crippen molar-refractivity contribution in [3.8, 4) is 0 Å². The zero-order valence-electron chi connectivity index (χ0n) is 7.47. The first-order chi connectivity index (χ1) is 6.15. The van der Waals surface area contributed by atoms with Crippen LogP contribution in [0.5, 0.6) is 0 Å². The first-order valence-corrected chi connectivity index (χ1v) is 3.86. The highest BCUT2D eigenvalue weighted by atomic mass is 16.6. The van der Waals surface area contributed by atoms with Crippen molar-refractivity contribution in [2.24, 2.45) is 0 Å². The van der Waals surface area contributed by atoms with E-state index in [2.05, 4.69) is 15.6 Å². The second-order valence-electron chi connectivity index (χ2n) is 2.72. The Morgan fingerprint density at radius 3 is 3.00 bits per heavy atom. The lowest BCUT2D eigenvalue weighted by molar-refractivity contribution is -0.389. The molecule has 1 rings (SSSR count). The summed E-state index contributed by atoms with van der Waals surface area (Å²) in [6.07, 6.45) is 1.32. The van der Waals surface area contributed by atoms with Gasteiger partial charge in [0.25, 0.3) is 0 Å². The van der Waals surface area contributed by atoms with E-state index in [0.29, 0.717) is 6.54 Å². The Balaban J connectivity index is 2.73. The Kier molecular flexibility index (Phi) is 2.91. The van der Waals surface area contributed by atoms with Gasteiger partial charge in [0, 0.05) is 6.54 Å². The van der Waals surface area contributed by atoms with Gasteiger partial charge in [0.05, 0.1) is 11.3 Å². The van der Waals surface area contributed by atoms with Crippen LogP contribution in [0.25, 0.3) is 0 Å². The van der Waals surface area contributed by atoms with Crippen LogP contribution in [0, 0.1) is 10.1 Å². The lowest BCUT2D eigenvalue weighted by Gasteiger charge is -2.07. The minimum atomic E-state index is -0.560. The third-order valence-electron chi connectivity index (χ3n) is 1.64. The van der Waals surface area contributed by atoms with Crippen LogP contribution in [0.4, 0.5) is 5.82 Å². The van der Waals surface area contributed by atoms with Crippen LogP contribution in [-0.2, 0) is 0 Å². The molecule has 1 atom stereocenters. The summed E-state index contributed by atoms with van der Waals surface area (Å²) < 4.78 is 1.47. The third-order valence-corrected chi connectivity index (χ3v) is 1.64. The number of likely N-dealkylation sites (N-methyl/N-ethyl adjacent to an activating group) is 1. The van der Waals surface area contributed by atoms with Crippen LogP contribution < -0.4 is 5.32 Å². The second-order valence-corrected chi connectivity index (χ2v) is 2.72. The van der Waals surface area contributed by atoms with Crippen LogP contribution in [0.1, 0.15) is 13.0 Å². The molecule has 1 aromatic heterocycles. The molecule has 0 radical (unpaired) electrons. The SMILES string of the molecule is CNCC(C)n1cc([N+](=O)[O-])nn1. The van der Waals surface area contributed by atoms with Gasteiger partial charge in [-0.25, -0.2) is 4.68 Å². The van der Waals surface area contributed by atoms with E-state index in [4.69, 9.17) is 0 Å². The number of nitro groups is 1. The molecule has 1 aromatic rings. The van der Waals surface area contributed by atoms with Crippen molar-refractivity contribution in [2.45, 2.75) is 13.0 Å². The maximum atomic E-state index is 10.3. The zero-order valence-corrected chi connectivity index (χ0v) is 7.47. The average Bonchev–Trinajstić information content (AvgIpc) is 2.52. The van der Waals surface area contributed by atoms with E-state index in [9.17, 15) is 10.1 Å². The number of rotatable bonds is 4. The maximum Gasteiger partial charge on any atom is 0.410 e. The second kappa shape index (κ2) is 3.94. The van der Waals surface area contributed by atoms with Gasteiger partial charge in [0.15, 0.2) is 0 Å². The summed E-state index contributed by atoms with van der Waals surface area (Å²) in [4.78, 5) is 9.71. The summed E-state index contributed by atoms with van der Waals surface area (Å²) in [5.74, 6) is -0.219. The van der Waals surface area contributed by atoms with Crippen LogP contribution >= 0.6 is 0 Å². The van der Waals surface area contributed by atoms with Crippen molar-refractivity contribution in [3.63, 3.8) is 0 Å². The summed E-state index contributed by atoms with van der Waals surface area (Å²) in [5, 5.41) is 20.3. The van der Waals surface area contributed by atoms with Crippen LogP contribution in [0.2, 0.25) is 0 Å². The molecule has 0 fully saturated rings. The predicted octanol–water partition coefficient (Wildman–Crippen LogP) is -0.0333. The lowest BCUT2D eigenvalue weighted by Crippen LogP contribution is -2.20. The quantitative estimate of drug-likeness (QED) is 0.525. The maximum absolute atomic E-state index is 10.3. The molecule has 13 heavy (non-hydrogen) atoms. The molecule has 0 bridgehead atoms. The smallest absolute Gasteiger partial charge is 0.358 e. The van der Waals surface area contributed by atoms with Crippen LogP contribution in [0.3, 0.4) is 0 Å². The molecule has 72 valence electrons. The van der Waals surface area contributed by atoms with E-state index in [1.165, 1.54) is 10.9 Å². The molecule has 0 aromatic carbocycles. The Morgan fingerprint density at radius 2 is 2.54 bits per heavy atom. The fourth-order valence-electron chi connectivity index (χ4n) is 0.955. The highest BCUT2D eigenvalue weighted by Gasteiger charge is 2.14. The lowest BCUT2D eigenvalue weighted by atomic mass is 10.3. The van der Waals surface area contributed by atoms with Crippen LogP contribution in [-0.4, -0.2) is 33.5 Å². The van der Waals surface area contributed by atoms with Crippen molar-refractivity contribution in [2.75, 3.05) is 13.6 Å². The standard InChI is InChI=1S/C6H11N5O2/c1-5(3-7-2)10-4-6(8-9-10)11(12)13/h4-5,7H,3H2,1-2H3. The predicted molar refractivity (Wildman–Crippen MR) is 45.3 cm³/mol. The topological polar surface area (TPSA) is 85.9 Å². The molecular formula is C6H11N5O2. The Bertz CT molecular complexity index is 297. The molecule has 1 heterocycles. The minimum absolute atomic E-state index is 0.0613. The molecule has 7 heteroatoms. The summed E-state index contributed by atoms with van der Waals surface area (Å²) in [6.45, 7) is 2.59. The highest BCUT2D eigenvalue weighted by molar-refractivity contribution is 5.09. The van der Waals surface area contributed by atoms with Gasteiger partial charge in [-0.3, -0.25) is 0 Å². The summed E-state index contributed by atoms with van der Waals surface area (Å²) in [7, 11) is 1.81. The first kappa shape index (κ1) is 9.59. The number of aromatic nitrogens is 3. The normalized spacial score (nSPS) is 12.8. The Labute approximate surface area is 74.9 Å². The number of hydrogen-bond acceptors (Lipinski definition) is 5. The number of nitrogens with zero attached hydrogens (tertiary/aromatic N) is 4. The molecule has 0 aliphatic heterocycles. The van der Waals surface area contributed by atoms with Gasteiger partial charge < -0.3 is 15.4 Å². The zero-order chi connectivity index (χ0) is 9.84. The molecular weight excluding hydrogens is 174 g/mol. The van der Waals surface area contributed by atoms with Gasteiger partial charge in [-0.2, -0.15) is 0 Å². The van der Waals surface area contributed by atoms with Gasteiger partial charge >= 0.3 is 5.82 Å². The Morgan fingerprint density at radius 1 is 1.85 bits per heavy atom. The monoisotopic (exact) mass is 185 g/mol. The molecule has 0 saturated heterocycles. The van der Waals surface area contributed by atoms with Crippen LogP contribution in [0.15, 0.2) is 6.20 Å². The van der Waals surface area contributed by atoms with E-state index < -0.39 is 4.92 Å². The molecule has 0 spiro atoms. The molecule has 1 N–H and O–H groups in total.